The average Bonchev–Trinajstić information content (AvgIpc) is 2.89. The molecule has 3 aromatic rings. The summed E-state index contributed by atoms with van der Waals surface area (Å²) in [6, 6.07) is 16.8. The number of pyridine rings is 1. The maximum absolute atomic E-state index is 5.78. The van der Waals surface area contributed by atoms with E-state index in [0.29, 0.717) is 0 Å². The standard InChI is InChI=1S/C27H34N6OS/c1-20-18-26(32-12-10-30(2)11-13-32)29-23-9-8-21(19-22(20)23)28-27(35)33-16-14-31(15-17-33)24-6-4-5-7-25(24)34-3/h4-9,18-19H,10-17H2,1-3H3,(H,28,35). The normalized spacial score (nSPS) is 17.1. The lowest BCUT2D eigenvalue weighted by atomic mass is 10.1. The third-order valence-electron chi connectivity index (χ3n) is 7.07. The molecule has 2 fully saturated rings. The number of thiocarbonyl (C=S) groups is 1. The number of rotatable bonds is 4. The molecule has 2 aliphatic rings. The SMILES string of the molecule is COc1ccccc1N1CCN(C(=S)Nc2ccc3nc(N4CCN(C)CC4)cc(C)c3c2)CC1. The summed E-state index contributed by atoms with van der Waals surface area (Å²) >= 11 is 5.78. The first-order chi connectivity index (χ1) is 17.0. The van der Waals surface area contributed by atoms with Crippen molar-refractivity contribution in [1.82, 2.24) is 14.8 Å². The van der Waals surface area contributed by atoms with Crippen molar-refractivity contribution >= 4 is 45.4 Å². The van der Waals surface area contributed by atoms with Gasteiger partial charge in [0.2, 0.25) is 0 Å². The van der Waals surface area contributed by atoms with Gasteiger partial charge >= 0.3 is 0 Å². The highest BCUT2D eigenvalue weighted by atomic mass is 32.1. The molecule has 0 atom stereocenters. The van der Waals surface area contributed by atoms with Crippen molar-refractivity contribution < 1.29 is 4.74 Å². The second-order valence-electron chi connectivity index (χ2n) is 9.40. The van der Waals surface area contributed by atoms with Crippen LogP contribution in [0.1, 0.15) is 5.56 Å². The Morgan fingerprint density at radius 3 is 2.37 bits per heavy atom. The maximum Gasteiger partial charge on any atom is 0.173 e. The molecule has 2 aromatic carbocycles. The number of piperazine rings is 2. The molecule has 3 heterocycles. The highest BCUT2D eigenvalue weighted by molar-refractivity contribution is 7.80. The van der Waals surface area contributed by atoms with Crippen molar-refractivity contribution in [2.45, 2.75) is 6.92 Å². The number of nitrogens with one attached hydrogen (secondary N) is 1. The number of anilines is 3. The first-order valence-corrected chi connectivity index (χ1v) is 12.7. The third kappa shape index (κ3) is 5.13. The summed E-state index contributed by atoms with van der Waals surface area (Å²) in [5.74, 6) is 1.99. The predicted molar refractivity (Wildman–Crippen MR) is 149 cm³/mol. The molecular formula is C27H34N6OS. The van der Waals surface area contributed by atoms with Crippen LogP contribution in [-0.2, 0) is 0 Å². The Balaban J connectivity index is 1.24. The predicted octanol–water partition coefficient (Wildman–Crippen LogP) is 3.82. The second kappa shape index (κ2) is 10.3. The van der Waals surface area contributed by atoms with Crippen LogP contribution in [0.3, 0.4) is 0 Å². The van der Waals surface area contributed by atoms with Crippen LogP contribution in [0.2, 0.25) is 0 Å². The van der Waals surface area contributed by atoms with Crippen LogP contribution in [0.4, 0.5) is 17.2 Å². The number of para-hydroxylation sites is 2. The molecule has 1 N–H and O–H groups in total. The first-order valence-electron chi connectivity index (χ1n) is 12.3. The van der Waals surface area contributed by atoms with E-state index in [4.69, 9.17) is 21.9 Å². The average molecular weight is 491 g/mol. The van der Waals surface area contributed by atoms with E-state index in [1.807, 2.05) is 12.1 Å². The summed E-state index contributed by atoms with van der Waals surface area (Å²) in [5, 5.41) is 5.39. The van der Waals surface area contributed by atoms with Crippen LogP contribution >= 0.6 is 12.2 Å². The molecule has 0 bridgehead atoms. The van der Waals surface area contributed by atoms with Gasteiger partial charge in [-0.15, -0.1) is 0 Å². The number of hydrogen-bond donors (Lipinski definition) is 1. The number of fused-ring (bicyclic) bond motifs is 1. The van der Waals surface area contributed by atoms with Gasteiger partial charge in [-0.2, -0.15) is 0 Å². The monoisotopic (exact) mass is 490 g/mol. The lowest BCUT2D eigenvalue weighted by Crippen LogP contribution is -2.50. The van der Waals surface area contributed by atoms with Gasteiger partial charge in [-0.1, -0.05) is 12.1 Å². The van der Waals surface area contributed by atoms with Crippen molar-refractivity contribution in [3.05, 3.63) is 54.1 Å². The number of benzene rings is 2. The zero-order chi connectivity index (χ0) is 24.4. The van der Waals surface area contributed by atoms with Crippen LogP contribution in [0.25, 0.3) is 10.9 Å². The Hall–Kier alpha value is -3.10. The Bertz CT molecular complexity index is 1200. The number of nitrogens with zero attached hydrogens (tertiary/aromatic N) is 5. The third-order valence-corrected chi connectivity index (χ3v) is 7.43. The number of hydrogen-bond acceptors (Lipinski definition) is 6. The summed E-state index contributed by atoms with van der Waals surface area (Å²) in [5.41, 5.74) is 4.42. The molecular weight excluding hydrogens is 456 g/mol. The van der Waals surface area contributed by atoms with Crippen LogP contribution in [0.5, 0.6) is 5.75 Å². The van der Waals surface area contributed by atoms with E-state index in [9.17, 15) is 0 Å². The smallest absolute Gasteiger partial charge is 0.173 e. The molecule has 8 heteroatoms. The molecule has 0 aliphatic carbocycles. The summed E-state index contributed by atoms with van der Waals surface area (Å²) in [4.78, 5) is 14.3. The molecule has 0 unspecified atom stereocenters. The van der Waals surface area contributed by atoms with Gasteiger partial charge < -0.3 is 29.7 Å². The lowest BCUT2D eigenvalue weighted by Gasteiger charge is -2.37. The van der Waals surface area contributed by atoms with Gasteiger partial charge in [-0.25, -0.2) is 4.98 Å². The number of aromatic nitrogens is 1. The first kappa shape index (κ1) is 23.6. The molecule has 184 valence electrons. The van der Waals surface area contributed by atoms with Gasteiger partial charge in [0.05, 0.1) is 18.3 Å². The highest BCUT2D eigenvalue weighted by Crippen LogP contribution is 2.29. The minimum absolute atomic E-state index is 0.767. The fourth-order valence-electron chi connectivity index (χ4n) is 4.90. The molecule has 7 nitrogen and oxygen atoms in total. The summed E-state index contributed by atoms with van der Waals surface area (Å²) < 4.78 is 5.54. The van der Waals surface area contributed by atoms with Gasteiger partial charge in [0.25, 0.3) is 0 Å². The Morgan fingerprint density at radius 2 is 1.63 bits per heavy atom. The summed E-state index contributed by atoms with van der Waals surface area (Å²) in [6.07, 6.45) is 0. The Morgan fingerprint density at radius 1 is 0.914 bits per heavy atom. The molecule has 2 saturated heterocycles. The molecule has 2 aliphatic heterocycles. The minimum Gasteiger partial charge on any atom is -0.495 e. The number of ether oxygens (including phenoxy) is 1. The zero-order valence-corrected chi connectivity index (χ0v) is 21.6. The fourth-order valence-corrected chi connectivity index (χ4v) is 5.20. The topological polar surface area (TPSA) is 47.1 Å². The lowest BCUT2D eigenvalue weighted by molar-refractivity contribution is 0.312. The Kier molecular flexibility index (Phi) is 6.92. The van der Waals surface area contributed by atoms with Crippen LogP contribution in [0.15, 0.2) is 48.5 Å². The quantitative estimate of drug-likeness (QED) is 0.554. The number of aryl methyl sites for hydroxylation is 1. The summed E-state index contributed by atoms with van der Waals surface area (Å²) in [7, 11) is 3.90. The van der Waals surface area contributed by atoms with Gasteiger partial charge in [-0.05, 0) is 68.2 Å². The van der Waals surface area contributed by atoms with Crippen LogP contribution in [-0.4, -0.2) is 86.4 Å². The van der Waals surface area contributed by atoms with Crippen molar-refractivity contribution in [3.63, 3.8) is 0 Å². The molecule has 35 heavy (non-hydrogen) atoms. The van der Waals surface area contributed by atoms with Gasteiger partial charge in [0, 0.05) is 63.4 Å². The van der Waals surface area contributed by atoms with Crippen molar-refractivity contribution in [2.24, 2.45) is 0 Å². The largest absolute Gasteiger partial charge is 0.495 e. The van der Waals surface area contributed by atoms with E-state index in [0.717, 1.165) is 91.3 Å². The molecule has 1 aromatic heterocycles. The maximum atomic E-state index is 5.78. The van der Waals surface area contributed by atoms with E-state index in [1.165, 1.54) is 5.56 Å². The molecule has 0 amide bonds. The van der Waals surface area contributed by atoms with E-state index in [-0.39, 0.29) is 0 Å². The van der Waals surface area contributed by atoms with Crippen LogP contribution in [0, 0.1) is 6.92 Å². The number of methoxy groups -OCH3 is 1. The van der Waals surface area contributed by atoms with Gasteiger partial charge in [0.15, 0.2) is 5.11 Å². The Labute approximate surface area is 213 Å². The highest BCUT2D eigenvalue weighted by Gasteiger charge is 2.21. The zero-order valence-electron chi connectivity index (χ0n) is 20.8. The molecule has 0 spiro atoms. The minimum atomic E-state index is 0.767. The van der Waals surface area contributed by atoms with E-state index >= 15 is 0 Å². The fraction of sp³-hybridized carbons (Fsp3) is 0.407. The van der Waals surface area contributed by atoms with Gasteiger partial charge in [0.1, 0.15) is 11.6 Å². The van der Waals surface area contributed by atoms with Crippen molar-refractivity contribution in [3.8, 4) is 5.75 Å². The van der Waals surface area contributed by atoms with Gasteiger partial charge in [-0.3, -0.25) is 0 Å². The van der Waals surface area contributed by atoms with E-state index in [1.54, 1.807) is 7.11 Å². The van der Waals surface area contributed by atoms with Crippen molar-refractivity contribution in [1.29, 1.82) is 0 Å². The van der Waals surface area contributed by atoms with Crippen molar-refractivity contribution in [2.75, 3.05) is 81.6 Å². The van der Waals surface area contributed by atoms with E-state index < -0.39 is 0 Å². The van der Waals surface area contributed by atoms with E-state index in [2.05, 4.69) is 75.3 Å². The molecule has 0 radical (unpaired) electrons. The number of likely N-dealkylation sites (N-methyl/N-ethyl adjacent to an activating group) is 1. The molecule has 0 saturated carbocycles. The molecule has 5 rings (SSSR count). The summed E-state index contributed by atoms with van der Waals surface area (Å²) in [6.45, 7) is 9.90. The van der Waals surface area contributed by atoms with Crippen LogP contribution < -0.4 is 19.9 Å². The second-order valence-corrected chi connectivity index (χ2v) is 9.78.